The van der Waals surface area contributed by atoms with Gasteiger partial charge >= 0.3 is 0 Å². The van der Waals surface area contributed by atoms with E-state index in [1.165, 1.54) is 0 Å². The van der Waals surface area contributed by atoms with Crippen molar-refractivity contribution in [2.45, 2.75) is 39.8 Å². The van der Waals surface area contributed by atoms with E-state index in [2.05, 4.69) is 43.9 Å². The van der Waals surface area contributed by atoms with E-state index in [0.717, 1.165) is 43.3 Å². The highest BCUT2D eigenvalue weighted by molar-refractivity contribution is 5.63. The molecule has 3 heterocycles. The molecule has 1 saturated heterocycles. The maximum Gasteiger partial charge on any atom is 0.241 e. The zero-order chi connectivity index (χ0) is 20.9. The summed E-state index contributed by atoms with van der Waals surface area (Å²) in [5.41, 5.74) is 0.847. The standard InChI is InChI=1S/C21H28N6O3/c1-4-28-17-8-6-5-7-16(17)21-23-19(30-25-21)14-27-11-9-26(10-12-27)13-18-22-20(15(2)3)24-29-18/h5-8,15H,4,9-14H2,1-3H3. The van der Waals surface area contributed by atoms with Crippen LogP contribution >= 0.6 is 0 Å². The predicted molar refractivity (Wildman–Crippen MR) is 110 cm³/mol. The van der Waals surface area contributed by atoms with Gasteiger partial charge in [0, 0.05) is 32.1 Å². The Morgan fingerprint density at radius 3 is 2.20 bits per heavy atom. The van der Waals surface area contributed by atoms with Crippen LogP contribution in [0.4, 0.5) is 0 Å². The molecule has 3 aromatic rings. The van der Waals surface area contributed by atoms with Crippen molar-refractivity contribution < 1.29 is 13.8 Å². The molecule has 9 heteroatoms. The maximum absolute atomic E-state index is 5.67. The van der Waals surface area contributed by atoms with Gasteiger partial charge in [0.25, 0.3) is 0 Å². The molecule has 30 heavy (non-hydrogen) atoms. The molecule has 0 saturated carbocycles. The summed E-state index contributed by atoms with van der Waals surface area (Å²) in [6.07, 6.45) is 0. The Balaban J connectivity index is 1.30. The van der Waals surface area contributed by atoms with Crippen LogP contribution in [0, 0.1) is 0 Å². The minimum absolute atomic E-state index is 0.277. The van der Waals surface area contributed by atoms with Crippen LogP contribution < -0.4 is 4.74 Å². The lowest BCUT2D eigenvalue weighted by Gasteiger charge is -2.32. The first-order valence-corrected chi connectivity index (χ1v) is 10.4. The molecular weight excluding hydrogens is 384 g/mol. The molecule has 1 aromatic carbocycles. The van der Waals surface area contributed by atoms with Crippen molar-refractivity contribution >= 4 is 0 Å². The van der Waals surface area contributed by atoms with Crippen molar-refractivity contribution in [2.24, 2.45) is 0 Å². The second kappa shape index (κ2) is 9.36. The molecular formula is C21H28N6O3. The number of hydrogen-bond donors (Lipinski definition) is 0. The Morgan fingerprint density at radius 1 is 0.933 bits per heavy atom. The molecule has 0 atom stereocenters. The van der Waals surface area contributed by atoms with Crippen molar-refractivity contribution in [1.29, 1.82) is 0 Å². The minimum Gasteiger partial charge on any atom is -0.493 e. The molecule has 1 fully saturated rings. The number of benzene rings is 1. The van der Waals surface area contributed by atoms with Gasteiger partial charge in [0.1, 0.15) is 5.75 Å². The first-order valence-electron chi connectivity index (χ1n) is 10.4. The van der Waals surface area contributed by atoms with Crippen molar-refractivity contribution in [3.63, 3.8) is 0 Å². The average Bonchev–Trinajstić information content (AvgIpc) is 3.40. The predicted octanol–water partition coefficient (Wildman–Crippen LogP) is 2.96. The van der Waals surface area contributed by atoms with Gasteiger partial charge in [0.15, 0.2) is 5.82 Å². The second-order valence-electron chi connectivity index (χ2n) is 7.69. The van der Waals surface area contributed by atoms with Gasteiger partial charge in [-0.05, 0) is 19.1 Å². The Morgan fingerprint density at radius 2 is 1.57 bits per heavy atom. The Kier molecular flexibility index (Phi) is 6.39. The fourth-order valence-electron chi connectivity index (χ4n) is 3.42. The molecule has 4 rings (SSSR count). The van der Waals surface area contributed by atoms with Crippen LogP contribution in [-0.4, -0.2) is 62.9 Å². The van der Waals surface area contributed by atoms with Crippen LogP contribution in [0.5, 0.6) is 5.75 Å². The molecule has 1 aliphatic heterocycles. The second-order valence-corrected chi connectivity index (χ2v) is 7.69. The number of piperazine rings is 1. The van der Waals surface area contributed by atoms with E-state index in [1.54, 1.807) is 0 Å². The third kappa shape index (κ3) is 4.85. The van der Waals surface area contributed by atoms with Gasteiger partial charge in [0.05, 0.1) is 25.3 Å². The highest BCUT2D eigenvalue weighted by atomic mass is 16.5. The van der Waals surface area contributed by atoms with E-state index in [9.17, 15) is 0 Å². The lowest BCUT2D eigenvalue weighted by atomic mass is 10.2. The maximum atomic E-state index is 5.67. The number of hydrogen-bond acceptors (Lipinski definition) is 9. The fourth-order valence-corrected chi connectivity index (χ4v) is 3.42. The smallest absolute Gasteiger partial charge is 0.241 e. The molecule has 0 aliphatic carbocycles. The third-order valence-corrected chi connectivity index (χ3v) is 5.08. The largest absolute Gasteiger partial charge is 0.493 e. The van der Waals surface area contributed by atoms with Gasteiger partial charge in [-0.15, -0.1) is 0 Å². The van der Waals surface area contributed by atoms with Crippen molar-refractivity contribution in [1.82, 2.24) is 30.1 Å². The van der Waals surface area contributed by atoms with Crippen LogP contribution in [0.2, 0.25) is 0 Å². The van der Waals surface area contributed by atoms with E-state index >= 15 is 0 Å². The molecule has 0 N–H and O–H groups in total. The van der Waals surface area contributed by atoms with Gasteiger partial charge in [-0.3, -0.25) is 9.80 Å². The van der Waals surface area contributed by atoms with Crippen LogP contribution in [0.3, 0.4) is 0 Å². The zero-order valence-electron chi connectivity index (χ0n) is 17.7. The van der Waals surface area contributed by atoms with E-state index in [4.69, 9.17) is 13.8 Å². The van der Waals surface area contributed by atoms with Crippen LogP contribution in [0.1, 0.15) is 44.3 Å². The number of aromatic nitrogens is 4. The number of ether oxygens (including phenoxy) is 1. The molecule has 2 aromatic heterocycles. The third-order valence-electron chi connectivity index (χ3n) is 5.08. The molecule has 160 valence electrons. The van der Waals surface area contributed by atoms with E-state index < -0.39 is 0 Å². The van der Waals surface area contributed by atoms with Crippen LogP contribution in [0.15, 0.2) is 33.3 Å². The SMILES string of the molecule is CCOc1ccccc1-c1noc(CN2CCN(Cc3nc(C(C)C)no3)CC2)n1. The van der Waals surface area contributed by atoms with Gasteiger partial charge in [-0.25, -0.2) is 0 Å². The van der Waals surface area contributed by atoms with Crippen molar-refractivity contribution in [2.75, 3.05) is 32.8 Å². The summed E-state index contributed by atoms with van der Waals surface area (Å²) in [6.45, 7) is 11.7. The normalized spacial score (nSPS) is 15.7. The van der Waals surface area contributed by atoms with Gasteiger partial charge < -0.3 is 13.8 Å². The van der Waals surface area contributed by atoms with Crippen LogP contribution in [-0.2, 0) is 13.1 Å². The van der Waals surface area contributed by atoms with E-state index in [-0.39, 0.29) is 5.92 Å². The zero-order valence-corrected chi connectivity index (χ0v) is 17.7. The first-order chi connectivity index (χ1) is 14.6. The summed E-state index contributed by atoms with van der Waals surface area (Å²) in [5, 5.41) is 8.19. The Labute approximate surface area is 176 Å². The first kappa shape index (κ1) is 20.5. The summed E-state index contributed by atoms with van der Waals surface area (Å²) in [6, 6.07) is 7.75. The number of rotatable bonds is 8. The van der Waals surface area contributed by atoms with E-state index in [0.29, 0.717) is 37.3 Å². The Hall–Kier alpha value is -2.78. The molecule has 0 unspecified atom stereocenters. The molecule has 0 amide bonds. The van der Waals surface area contributed by atoms with Crippen molar-refractivity contribution in [3.05, 3.63) is 41.9 Å². The number of nitrogens with zero attached hydrogens (tertiary/aromatic N) is 6. The quantitative estimate of drug-likeness (QED) is 0.553. The summed E-state index contributed by atoms with van der Waals surface area (Å²) < 4.78 is 16.5. The van der Waals surface area contributed by atoms with Crippen LogP contribution in [0.25, 0.3) is 11.4 Å². The number of para-hydroxylation sites is 1. The van der Waals surface area contributed by atoms with Gasteiger partial charge in [0.2, 0.25) is 17.6 Å². The monoisotopic (exact) mass is 412 g/mol. The lowest BCUT2D eigenvalue weighted by molar-refractivity contribution is 0.103. The lowest BCUT2D eigenvalue weighted by Crippen LogP contribution is -2.45. The van der Waals surface area contributed by atoms with Gasteiger partial charge in [-0.2, -0.15) is 9.97 Å². The fraction of sp³-hybridized carbons (Fsp3) is 0.524. The molecule has 0 bridgehead atoms. The highest BCUT2D eigenvalue weighted by Crippen LogP contribution is 2.27. The molecule has 1 aliphatic rings. The Bertz CT molecular complexity index is 946. The summed E-state index contributed by atoms with van der Waals surface area (Å²) >= 11 is 0. The minimum atomic E-state index is 0.277. The van der Waals surface area contributed by atoms with Gasteiger partial charge in [-0.1, -0.05) is 36.3 Å². The summed E-state index contributed by atoms with van der Waals surface area (Å²) in [5.74, 6) is 3.67. The highest BCUT2D eigenvalue weighted by Gasteiger charge is 2.22. The summed E-state index contributed by atoms with van der Waals surface area (Å²) in [7, 11) is 0. The van der Waals surface area contributed by atoms with Crippen molar-refractivity contribution in [3.8, 4) is 17.1 Å². The molecule has 0 radical (unpaired) electrons. The van der Waals surface area contributed by atoms with E-state index in [1.807, 2.05) is 31.2 Å². The average molecular weight is 412 g/mol. The molecule has 9 nitrogen and oxygen atoms in total. The molecule has 0 spiro atoms. The topological polar surface area (TPSA) is 93.6 Å². The summed E-state index contributed by atoms with van der Waals surface area (Å²) in [4.78, 5) is 13.7.